The minimum absolute atomic E-state index is 0.0498. The second kappa shape index (κ2) is 6.45. The number of phenols is 1. The molecule has 2 aromatic rings. The van der Waals surface area contributed by atoms with Crippen LogP contribution in [0, 0.1) is 5.82 Å². The molecule has 0 saturated carbocycles. The van der Waals surface area contributed by atoms with Gasteiger partial charge in [0.1, 0.15) is 5.82 Å². The molecule has 2 rings (SSSR count). The van der Waals surface area contributed by atoms with E-state index in [-0.39, 0.29) is 11.6 Å². The number of ether oxygens (including phenoxy) is 1. The van der Waals surface area contributed by atoms with Crippen LogP contribution in [0.3, 0.4) is 0 Å². The van der Waals surface area contributed by atoms with Crippen molar-refractivity contribution in [3.8, 4) is 11.5 Å². The van der Waals surface area contributed by atoms with E-state index in [2.05, 4.69) is 37.2 Å². The SMILES string of the molecule is COc1ccc(CNc2ccc(Br)c(F)c2)c(Br)c1O. The summed E-state index contributed by atoms with van der Waals surface area (Å²) in [6.45, 7) is 0.444. The number of hydrogen-bond acceptors (Lipinski definition) is 3. The van der Waals surface area contributed by atoms with Gasteiger partial charge >= 0.3 is 0 Å². The highest BCUT2D eigenvalue weighted by Crippen LogP contribution is 2.36. The van der Waals surface area contributed by atoms with Crippen molar-refractivity contribution in [3.05, 3.63) is 50.7 Å². The van der Waals surface area contributed by atoms with Gasteiger partial charge in [0, 0.05) is 12.2 Å². The first-order chi connectivity index (χ1) is 9.52. The third-order valence-electron chi connectivity index (χ3n) is 2.78. The summed E-state index contributed by atoms with van der Waals surface area (Å²) in [5.41, 5.74) is 1.50. The minimum Gasteiger partial charge on any atom is -0.503 e. The fourth-order valence-corrected chi connectivity index (χ4v) is 2.41. The van der Waals surface area contributed by atoms with Gasteiger partial charge in [0.2, 0.25) is 0 Å². The lowest BCUT2D eigenvalue weighted by atomic mass is 10.2. The van der Waals surface area contributed by atoms with Crippen molar-refractivity contribution in [1.29, 1.82) is 0 Å². The number of hydrogen-bond donors (Lipinski definition) is 2. The zero-order chi connectivity index (χ0) is 14.7. The average Bonchev–Trinajstić information content (AvgIpc) is 2.44. The van der Waals surface area contributed by atoms with Crippen LogP contribution in [0.1, 0.15) is 5.56 Å². The highest BCUT2D eigenvalue weighted by molar-refractivity contribution is 9.10. The first kappa shape index (κ1) is 15.1. The highest BCUT2D eigenvalue weighted by atomic mass is 79.9. The third kappa shape index (κ3) is 3.24. The molecule has 0 saturated heterocycles. The Morgan fingerprint density at radius 3 is 2.65 bits per heavy atom. The fourth-order valence-electron chi connectivity index (χ4n) is 1.69. The summed E-state index contributed by atoms with van der Waals surface area (Å²) >= 11 is 6.43. The van der Waals surface area contributed by atoms with E-state index in [0.29, 0.717) is 26.9 Å². The fraction of sp³-hybridized carbons (Fsp3) is 0.143. The molecule has 0 radical (unpaired) electrons. The maximum Gasteiger partial charge on any atom is 0.172 e. The number of nitrogens with one attached hydrogen (secondary N) is 1. The molecule has 2 aromatic carbocycles. The van der Waals surface area contributed by atoms with Crippen molar-refractivity contribution in [2.24, 2.45) is 0 Å². The Kier molecular flexibility index (Phi) is 4.88. The highest BCUT2D eigenvalue weighted by Gasteiger charge is 2.10. The lowest BCUT2D eigenvalue weighted by Crippen LogP contribution is -2.01. The summed E-state index contributed by atoms with van der Waals surface area (Å²) in [4.78, 5) is 0. The van der Waals surface area contributed by atoms with E-state index in [9.17, 15) is 9.50 Å². The Bertz CT molecular complexity index is 635. The largest absolute Gasteiger partial charge is 0.503 e. The Labute approximate surface area is 133 Å². The molecule has 106 valence electrons. The topological polar surface area (TPSA) is 41.5 Å². The smallest absolute Gasteiger partial charge is 0.172 e. The molecule has 0 fully saturated rings. The van der Waals surface area contributed by atoms with Crippen molar-refractivity contribution in [2.45, 2.75) is 6.54 Å². The Balaban J connectivity index is 2.15. The molecule has 0 aliphatic carbocycles. The third-order valence-corrected chi connectivity index (χ3v) is 4.31. The lowest BCUT2D eigenvalue weighted by Gasteiger charge is -2.12. The molecular formula is C14H12Br2FNO2. The van der Waals surface area contributed by atoms with Gasteiger partial charge in [-0.15, -0.1) is 0 Å². The molecule has 0 atom stereocenters. The van der Waals surface area contributed by atoms with Gasteiger partial charge in [0.15, 0.2) is 11.5 Å². The number of benzene rings is 2. The van der Waals surface area contributed by atoms with Gasteiger partial charge in [-0.05, 0) is 61.7 Å². The molecule has 20 heavy (non-hydrogen) atoms. The van der Waals surface area contributed by atoms with Crippen LogP contribution in [-0.4, -0.2) is 12.2 Å². The van der Waals surface area contributed by atoms with Crippen molar-refractivity contribution in [1.82, 2.24) is 0 Å². The first-order valence-corrected chi connectivity index (χ1v) is 7.34. The van der Waals surface area contributed by atoms with Gasteiger partial charge in [0.05, 0.1) is 16.1 Å². The quantitative estimate of drug-likeness (QED) is 0.777. The minimum atomic E-state index is -0.327. The number of methoxy groups -OCH3 is 1. The Morgan fingerprint density at radius 1 is 1.25 bits per heavy atom. The van der Waals surface area contributed by atoms with Crippen molar-refractivity contribution in [3.63, 3.8) is 0 Å². The molecule has 3 nitrogen and oxygen atoms in total. The number of rotatable bonds is 4. The summed E-state index contributed by atoms with van der Waals surface area (Å²) in [5.74, 6) is 0.121. The average molecular weight is 405 g/mol. The van der Waals surface area contributed by atoms with Gasteiger partial charge in [-0.2, -0.15) is 0 Å². The number of halogens is 3. The van der Waals surface area contributed by atoms with Crippen LogP contribution >= 0.6 is 31.9 Å². The van der Waals surface area contributed by atoms with Crippen molar-refractivity contribution in [2.75, 3.05) is 12.4 Å². The molecule has 0 amide bonds. The molecule has 0 unspecified atom stereocenters. The van der Waals surface area contributed by atoms with Crippen LogP contribution in [-0.2, 0) is 6.54 Å². The standard InChI is InChI=1S/C14H12Br2FNO2/c1-20-12-5-2-8(13(16)14(12)19)7-18-9-3-4-10(15)11(17)6-9/h2-6,18-19H,7H2,1H3. The molecule has 2 N–H and O–H groups in total. The maximum absolute atomic E-state index is 13.4. The summed E-state index contributed by atoms with van der Waals surface area (Å²) < 4.78 is 19.4. The lowest BCUT2D eigenvalue weighted by molar-refractivity contribution is 0.371. The van der Waals surface area contributed by atoms with E-state index in [1.807, 2.05) is 6.07 Å². The molecular weight excluding hydrogens is 393 g/mol. The van der Waals surface area contributed by atoms with Crippen LogP contribution in [0.5, 0.6) is 11.5 Å². The van der Waals surface area contributed by atoms with E-state index in [4.69, 9.17) is 4.74 Å². The molecule has 0 bridgehead atoms. The predicted molar refractivity (Wildman–Crippen MR) is 83.8 cm³/mol. The van der Waals surface area contributed by atoms with Gasteiger partial charge in [-0.1, -0.05) is 6.07 Å². The van der Waals surface area contributed by atoms with E-state index in [1.165, 1.54) is 13.2 Å². The van der Waals surface area contributed by atoms with Crippen LogP contribution in [0.25, 0.3) is 0 Å². The zero-order valence-electron chi connectivity index (χ0n) is 10.6. The summed E-state index contributed by atoms with van der Waals surface area (Å²) in [6, 6.07) is 8.31. The summed E-state index contributed by atoms with van der Waals surface area (Å²) in [7, 11) is 1.49. The second-order valence-corrected chi connectivity index (χ2v) is 5.72. The molecule has 6 heteroatoms. The molecule has 0 spiro atoms. The number of phenolic OH excluding ortho intramolecular Hbond substituents is 1. The number of anilines is 1. The van der Waals surface area contributed by atoms with E-state index < -0.39 is 0 Å². The molecule has 0 heterocycles. The Hall–Kier alpha value is -1.27. The zero-order valence-corrected chi connectivity index (χ0v) is 13.8. The van der Waals surface area contributed by atoms with Crippen LogP contribution in [0.15, 0.2) is 39.3 Å². The van der Waals surface area contributed by atoms with Gasteiger partial charge < -0.3 is 15.2 Å². The number of aromatic hydroxyl groups is 1. The Morgan fingerprint density at radius 2 is 2.00 bits per heavy atom. The van der Waals surface area contributed by atoms with E-state index in [1.54, 1.807) is 18.2 Å². The van der Waals surface area contributed by atoms with Crippen molar-refractivity contribution >= 4 is 37.5 Å². The van der Waals surface area contributed by atoms with E-state index in [0.717, 1.165) is 5.56 Å². The first-order valence-electron chi connectivity index (χ1n) is 5.76. The van der Waals surface area contributed by atoms with Gasteiger partial charge in [-0.3, -0.25) is 0 Å². The van der Waals surface area contributed by atoms with Crippen LogP contribution in [0.2, 0.25) is 0 Å². The normalized spacial score (nSPS) is 10.4. The van der Waals surface area contributed by atoms with Crippen LogP contribution < -0.4 is 10.1 Å². The summed E-state index contributed by atoms with van der Waals surface area (Å²) in [6.07, 6.45) is 0. The second-order valence-electron chi connectivity index (χ2n) is 4.07. The predicted octanol–water partition coefficient (Wildman–Crippen LogP) is 4.68. The summed E-state index contributed by atoms with van der Waals surface area (Å²) in [5, 5.41) is 13.0. The van der Waals surface area contributed by atoms with Gasteiger partial charge in [-0.25, -0.2) is 4.39 Å². The maximum atomic E-state index is 13.4. The van der Waals surface area contributed by atoms with E-state index >= 15 is 0 Å². The molecule has 0 aliphatic heterocycles. The monoisotopic (exact) mass is 403 g/mol. The molecule has 0 aliphatic rings. The van der Waals surface area contributed by atoms with Crippen LogP contribution in [0.4, 0.5) is 10.1 Å². The van der Waals surface area contributed by atoms with Gasteiger partial charge in [0.25, 0.3) is 0 Å². The van der Waals surface area contributed by atoms with Crippen molar-refractivity contribution < 1.29 is 14.2 Å². The molecule has 0 aromatic heterocycles.